The molecule has 0 spiro atoms. The number of nitrogens with one attached hydrogen (secondary N) is 1. The number of nitrogens with zero attached hydrogens (tertiary/aromatic N) is 1. The van der Waals surface area contributed by atoms with Gasteiger partial charge >= 0.3 is 0 Å². The lowest BCUT2D eigenvalue weighted by molar-refractivity contribution is -0.124. The van der Waals surface area contributed by atoms with Gasteiger partial charge in [-0.2, -0.15) is 0 Å². The molecular weight excluding hydrogens is 242 g/mol. The van der Waals surface area contributed by atoms with Gasteiger partial charge in [0.05, 0.1) is 12.1 Å². The van der Waals surface area contributed by atoms with E-state index in [-0.39, 0.29) is 5.91 Å². The first-order valence-corrected chi connectivity index (χ1v) is 7.30. The second-order valence-electron chi connectivity index (χ2n) is 5.65. The van der Waals surface area contributed by atoms with Crippen molar-refractivity contribution in [1.82, 2.24) is 10.2 Å². The van der Waals surface area contributed by atoms with E-state index in [0.717, 1.165) is 51.9 Å². The SMILES string of the molecule is CCN(CCCC(C)(NC1CC1)C(N)=O)CCOC. The van der Waals surface area contributed by atoms with Gasteiger partial charge in [0.25, 0.3) is 0 Å². The number of ether oxygens (including phenoxy) is 1. The van der Waals surface area contributed by atoms with Crippen LogP contribution in [0.25, 0.3) is 0 Å². The van der Waals surface area contributed by atoms with E-state index >= 15 is 0 Å². The van der Waals surface area contributed by atoms with E-state index in [4.69, 9.17) is 10.5 Å². The van der Waals surface area contributed by atoms with E-state index < -0.39 is 5.54 Å². The van der Waals surface area contributed by atoms with Gasteiger partial charge in [-0.1, -0.05) is 6.92 Å². The Kier molecular flexibility index (Phi) is 6.75. The summed E-state index contributed by atoms with van der Waals surface area (Å²) in [6, 6.07) is 0.494. The summed E-state index contributed by atoms with van der Waals surface area (Å²) in [5.74, 6) is -0.237. The molecule has 0 aliphatic heterocycles. The molecule has 0 radical (unpaired) electrons. The van der Waals surface area contributed by atoms with Gasteiger partial charge in [0.15, 0.2) is 0 Å². The highest BCUT2D eigenvalue weighted by Crippen LogP contribution is 2.24. The Bertz CT molecular complexity index is 282. The summed E-state index contributed by atoms with van der Waals surface area (Å²) in [4.78, 5) is 14.0. The molecule has 1 atom stereocenters. The van der Waals surface area contributed by atoms with E-state index in [2.05, 4.69) is 17.1 Å². The number of primary amides is 1. The molecule has 5 nitrogen and oxygen atoms in total. The fourth-order valence-electron chi connectivity index (χ4n) is 2.25. The van der Waals surface area contributed by atoms with Crippen molar-refractivity contribution in [2.24, 2.45) is 5.73 Å². The second-order valence-corrected chi connectivity index (χ2v) is 5.65. The molecule has 1 rings (SSSR count). The van der Waals surface area contributed by atoms with E-state index in [1.165, 1.54) is 0 Å². The second kappa shape index (κ2) is 7.82. The standard InChI is InChI=1S/C14H29N3O2/c1-4-17(10-11-19-3)9-5-8-14(2,13(15)18)16-12-6-7-12/h12,16H,4-11H2,1-3H3,(H2,15,18). The summed E-state index contributed by atoms with van der Waals surface area (Å²) in [6.07, 6.45) is 4.09. The van der Waals surface area contributed by atoms with Crippen LogP contribution in [0.15, 0.2) is 0 Å². The zero-order valence-corrected chi connectivity index (χ0v) is 12.6. The number of carbonyl (C=O) groups excluding carboxylic acids is 1. The number of amides is 1. The molecule has 19 heavy (non-hydrogen) atoms. The third kappa shape index (κ3) is 5.89. The molecule has 1 unspecified atom stereocenters. The maximum atomic E-state index is 11.6. The van der Waals surface area contributed by atoms with Gasteiger partial charge in [0.2, 0.25) is 5.91 Å². The van der Waals surface area contributed by atoms with Gasteiger partial charge < -0.3 is 20.7 Å². The molecule has 0 bridgehead atoms. The number of methoxy groups -OCH3 is 1. The van der Waals surface area contributed by atoms with Crippen LogP contribution in [0.2, 0.25) is 0 Å². The minimum Gasteiger partial charge on any atom is -0.383 e. The molecule has 0 aromatic carbocycles. The van der Waals surface area contributed by atoms with Crippen molar-refractivity contribution in [1.29, 1.82) is 0 Å². The van der Waals surface area contributed by atoms with E-state index in [1.807, 2.05) is 6.92 Å². The van der Waals surface area contributed by atoms with Crippen LogP contribution in [0.5, 0.6) is 0 Å². The maximum absolute atomic E-state index is 11.6. The lowest BCUT2D eigenvalue weighted by Crippen LogP contribution is -2.54. The normalized spacial score (nSPS) is 18.5. The van der Waals surface area contributed by atoms with Crippen molar-refractivity contribution >= 4 is 5.91 Å². The quantitative estimate of drug-likeness (QED) is 0.581. The lowest BCUT2D eigenvalue weighted by atomic mass is 9.94. The molecule has 0 saturated heterocycles. The third-order valence-electron chi connectivity index (χ3n) is 3.85. The van der Waals surface area contributed by atoms with Crippen molar-refractivity contribution in [3.05, 3.63) is 0 Å². The Balaban J connectivity index is 2.32. The Hall–Kier alpha value is -0.650. The highest BCUT2D eigenvalue weighted by atomic mass is 16.5. The smallest absolute Gasteiger partial charge is 0.237 e. The predicted molar refractivity (Wildman–Crippen MR) is 77.0 cm³/mol. The van der Waals surface area contributed by atoms with E-state index in [9.17, 15) is 4.79 Å². The lowest BCUT2D eigenvalue weighted by Gasteiger charge is -2.29. The number of likely N-dealkylation sites (N-methyl/N-ethyl adjacent to an activating group) is 1. The van der Waals surface area contributed by atoms with Crippen LogP contribution in [0.4, 0.5) is 0 Å². The Morgan fingerprint density at radius 1 is 1.47 bits per heavy atom. The zero-order valence-electron chi connectivity index (χ0n) is 12.6. The molecular formula is C14H29N3O2. The van der Waals surface area contributed by atoms with Crippen molar-refractivity contribution < 1.29 is 9.53 Å². The summed E-state index contributed by atoms with van der Waals surface area (Å²) in [5, 5.41) is 3.38. The fraction of sp³-hybridized carbons (Fsp3) is 0.929. The van der Waals surface area contributed by atoms with Crippen LogP contribution in [0.1, 0.15) is 39.5 Å². The van der Waals surface area contributed by atoms with Crippen molar-refractivity contribution in [2.75, 3.05) is 33.4 Å². The third-order valence-corrected chi connectivity index (χ3v) is 3.85. The molecule has 0 aromatic rings. The predicted octanol–water partition coefficient (Wildman–Crippen LogP) is 0.731. The van der Waals surface area contributed by atoms with Gasteiger partial charge in [0, 0.05) is 19.7 Å². The Morgan fingerprint density at radius 3 is 2.63 bits per heavy atom. The van der Waals surface area contributed by atoms with E-state index in [0.29, 0.717) is 6.04 Å². The average molecular weight is 271 g/mol. The van der Waals surface area contributed by atoms with Crippen LogP contribution in [-0.2, 0) is 9.53 Å². The summed E-state index contributed by atoms with van der Waals surface area (Å²) >= 11 is 0. The number of carbonyl (C=O) groups is 1. The average Bonchev–Trinajstić information content (AvgIpc) is 3.17. The summed E-state index contributed by atoms with van der Waals surface area (Å²) < 4.78 is 5.09. The maximum Gasteiger partial charge on any atom is 0.237 e. The van der Waals surface area contributed by atoms with Crippen LogP contribution in [0, 0.1) is 0 Å². The molecule has 1 saturated carbocycles. The van der Waals surface area contributed by atoms with Crippen LogP contribution >= 0.6 is 0 Å². The molecule has 1 amide bonds. The molecule has 112 valence electrons. The minimum absolute atomic E-state index is 0.237. The highest BCUT2D eigenvalue weighted by Gasteiger charge is 2.36. The highest BCUT2D eigenvalue weighted by molar-refractivity contribution is 5.84. The number of rotatable bonds is 11. The first kappa shape index (κ1) is 16.4. The molecule has 1 fully saturated rings. The van der Waals surface area contributed by atoms with Crippen molar-refractivity contribution in [2.45, 2.75) is 51.1 Å². The monoisotopic (exact) mass is 271 g/mol. The van der Waals surface area contributed by atoms with Crippen LogP contribution in [-0.4, -0.2) is 55.7 Å². The van der Waals surface area contributed by atoms with Gasteiger partial charge in [-0.25, -0.2) is 0 Å². The minimum atomic E-state index is -0.554. The van der Waals surface area contributed by atoms with Gasteiger partial charge in [0.1, 0.15) is 0 Å². The van der Waals surface area contributed by atoms with Crippen LogP contribution < -0.4 is 11.1 Å². The first-order valence-electron chi connectivity index (χ1n) is 7.30. The number of hydrogen-bond donors (Lipinski definition) is 2. The fourth-order valence-corrected chi connectivity index (χ4v) is 2.25. The molecule has 1 aliphatic rings. The van der Waals surface area contributed by atoms with Gasteiger partial charge in [-0.05, 0) is 45.7 Å². The molecule has 0 heterocycles. The summed E-state index contributed by atoms with van der Waals surface area (Å²) in [5.41, 5.74) is 4.99. The molecule has 1 aliphatic carbocycles. The molecule has 3 N–H and O–H groups in total. The van der Waals surface area contributed by atoms with Crippen LogP contribution in [0.3, 0.4) is 0 Å². The van der Waals surface area contributed by atoms with E-state index in [1.54, 1.807) is 7.11 Å². The van der Waals surface area contributed by atoms with Gasteiger partial charge in [-0.3, -0.25) is 4.79 Å². The molecule has 0 aromatic heterocycles. The Labute approximate surface area is 116 Å². The number of hydrogen-bond acceptors (Lipinski definition) is 4. The summed E-state index contributed by atoms with van der Waals surface area (Å²) in [7, 11) is 1.72. The van der Waals surface area contributed by atoms with Gasteiger partial charge in [-0.15, -0.1) is 0 Å². The largest absolute Gasteiger partial charge is 0.383 e. The number of nitrogens with two attached hydrogens (primary N) is 1. The van der Waals surface area contributed by atoms with Crippen molar-refractivity contribution in [3.8, 4) is 0 Å². The summed E-state index contributed by atoms with van der Waals surface area (Å²) in [6.45, 7) is 7.75. The first-order chi connectivity index (χ1) is 9.01. The zero-order chi connectivity index (χ0) is 14.3. The van der Waals surface area contributed by atoms with Crippen molar-refractivity contribution in [3.63, 3.8) is 0 Å². The Morgan fingerprint density at radius 2 is 2.16 bits per heavy atom. The topological polar surface area (TPSA) is 67.6 Å². The molecule has 5 heteroatoms.